The third-order valence-electron chi connectivity index (χ3n) is 4.06. The van der Waals surface area contributed by atoms with Crippen molar-refractivity contribution in [3.63, 3.8) is 0 Å². The van der Waals surface area contributed by atoms with Gasteiger partial charge in [0.05, 0.1) is 5.57 Å². The summed E-state index contributed by atoms with van der Waals surface area (Å²) < 4.78 is 57.6. The third-order valence-corrected chi connectivity index (χ3v) is 6.03. The highest BCUT2D eigenvalue weighted by molar-refractivity contribution is 9.10. The average molecular weight is 443 g/mol. The maximum absolute atomic E-state index is 14.5. The SMILES string of the molecule is Cc1ccc(C2=C(c3cc(F)c(S(C)(=O)=O)cc3F)COC2=O)cc1Br. The first-order chi connectivity index (χ1) is 12.1. The molecular weight excluding hydrogens is 430 g/mol. The van der Waals surface area contributed by atoms with E-state index in [9.17, 15) is 22.0 Å². The lowest BCUT2D eigenvalue weighted by atomic mass is 9.95. The smallest absolute Gasteiger partial charge is 0.339 e. The van der Waals surface area contributed by atoms with Gasteiger partial charge in [-0.1, -0.05) is 28.1 Å². The van der Waals surface area contributed by atoms with Crippen molar-refractivity contribution in [1.82, 2.24) is 0 Å². The van der Waals surface area contributed by atoms with Crippen LogP contribution in [0.5, 0.6) is 0 Å². The fourth-order valence-electron chi connectivity index (χ4n) is 2.70. The van der Waals surface area contributed by atoms with Crippen molar-refractivity contribution in [2.75, 3.05) is 12.9 Å². The zero-order valence-corrected chi connectivity index (χ0v) is 16.2. The topological polar surface area (TPSA) is 60.4 Å². The van der Waals surface area contributed by atoms with E-state index in [1.807, 2.05) is 6.92 Å². The van der Waals surface area contributed by atoms with E-state index in [4.69, 9.17) is 4.74 Å². The Hall–Kier alpha value is -2.06. The molecule has 0 saturated heterocycles. The van der Waals surface area contributed by atoms with Gasteiger partial charge in [0.2, 0.25) is 0 Å². The van der Waals surface area contributed by atoms with E-state index in [1.54, 1.807) is 18.2 Å². The molecule has 0 bridgehead atoms. The first-order valence-electron chi connectivity index (χ1n) is 7.46. The molecular formula is C18H13BrF2O4S. The first-order valence-corrected chi connectivity index (χ1v) is 10.1. The maximum Gasteiger partial charge on any atom is 0.339 e. The van der Waals surface area contributed by atoms with Crippen molar-refractivity contribution in [2.24, 2.45) is 0 Å². The average Bonchev–Trinajstić information content (AvgIpc) is 2.92. The number of rotatable bonds is 3. The van der Waals surface area contributed by atoms with Crippen molar-refractivity contribution in [3.8, 4) is 0 Å². The molecule has 26 heavy (non-hydrogen) atoms. The first kappa shape index (κ1) is 18.7. The van der Waals surface area contributed by atoms with Crippen LogP contribution in [0.3, 0.4) is 0 Å². The number of cyclic esters (lactones) is 1. The number of hydrogen-bond acceptors (Lipinski definition) is 4. The molecule has 2 aromatic carbocycles. The lowest BCUT2D eigenvalue weighted by Gasteiger charge is -2.09. The van der Waals surface area contributed by atoms with Gasteiger partial charge < -0.3 is 4.74 Å². The van der Waals surface area contributed by atoms with Crippen LogP contribution in [-0.2, 0) is 19.4 Å². The van der Waals surface area contributed by atoms with Gasteiger partial charge in [-0.2, -0.15) is 0 Å². The molecule has 0 atom stereocenters. The quantitative estimate of drug-likeness (QED) is 0.676. The summed E-state index contributed by atoms with van der Waals surface area (Å²) in [5.41, 5.74) is 1.52. The van der Waals surface area contributed by atoms with E-state index in [0.717, 1.165) is 22.4 Å². The second kappa shape index (κ2) is 6.59. The number of esters is 1. The van der Waals surface area contributed by atoms with Gasteiger partial charge in [0.15, 0.2) is 9.84 Å². The van der Waals surface area contributed by atoms with Gasteiger partial charge in [-0.15, -0.1) is 0 Å². The summed E-state index contributed by atoms with van der Waals surface area (Å²) in [5, 5.41) is 0. The summed E-state index contributed by atoms with van der Waals surface area (Å²) in [4.78, 5) is 11.4. The van der Waals surface area contributed by atoms with Crippen LogP contribution < -0.4 is 0 Å². The van der Waals surface area contributed by atoms with Gasteiger partial charge in [0.1, 0.15) is 23.1 Å². The van der Waals surface area contributed by atoms with Crippen LogP contribution in [0.2, 0.25) is 0 Å². The van der Waals surface area contributed by atoms with Crippen molar-refractivity contribution in [1.29, 1.82) is 0 Å². The molecule has 8 heteroatoms. The number of aryl methyl sites for hydroxylation is 1. The second-order valence-electron chi connectivity index (χ2n) is 5.93. The van der Waals surface area contributed by atoms with Gasteiger partial charge in [-0.3, -0.25) is 0 Å². The summed E-state index contributed by atoms with van der Waals surface area (Å²) in [7, 11) is -3.92. The molecule has 0 aromatic heterocycles. The summed E-state index contributed by atoms with van der Waals surface area (Å²) in [6, 6.07) is 6.56. The Bertz CT molecular complexity index is 1070. The normalized spacial score (nSPS) is 14.7. The minimum Gasteiger partial charge on any atom is -0.457 e. The highest BCUT2D eigenvalue weighted by Gasteiger charge is 2.30. The van der Waals surface area contributed by atoms with Gasteiger partial charge in [0.25, 0.3) is 0 Å². The van der Waals surface area contributed by atoms with Crippen molar-refractivity contribution < 1.29 is 26.7 Å². The minimum absolute atomic E-state index is 0.121. The highest BCUT2D eigenvalue weighted by atomic mass is 79.9. The highest BCUT2D eigenvalue weighted by Crippen LogP contribution is 2.36. The van der Waals surface area contributed by atoms with Crippen LogP contribution in [0.25, 0.3) is 11.1 Å². The van der Waals surface area contributed by atoms with Crippen molar-refractivity contribution in [2.45, 2.75) is 11.8 Å². The summed E-state index contributed by atoms with van der Waals surface area (Å²) in [6.07, 6.45) is 0.793. The molecule has 3 rings (SSSR count). The van der Waals surface area contributed by atoms with E-state index in [-0.39, 0.29) is 23.3 Å². The third kappa shape index (κ3) is 3.31. The van der Waals surface area contributed by atoms with Crippen LogP contribution in [0, 0.1) is 18.6 Å². The Morgan fingerprint density at radius 3 is 2.42 bits per heavy atom. The predicted octanol–water partition coefficient (Wildman–Crippen LogP) is 3.91. The number of carbonyl (C=O) groups excluding carboxylic acids is 1. The van der Waals surface area contributed by atoms with Crippen LogP contribution >= 0.6 is 15.9 Å². The fourth-order valence-corrected chi connectivity index (χ4v) is 3.81. The zero-order chi connectivity index (χ0) is 19.2. The number of benzene rings is 2. The van der Waals surface area contributed by atoms with E-state index in [2.05, 4.69) is 15.9 Å². The molecule has 0 aliphatic carbocycles. The van der Waals surface area contributed by atoms with Crippen LogP contribution in [0.15, 0.2) is 39.7 Å². The molecule has 0 amide bonds. The van der Waals surface area contributed by atoms with Gasteiger partial charge in [0, 0.05) is 21.9 Å². The van der Waals surface area contributed by atoms with Gasteiger partial charge in [-0.05, 0) is 36.2 Å². The Balaban J connectivity index is 2.23. The molecule has 4 nitrogen and oxygen atoms in total. The molecule has 136 valence electrons. The lowest BCUT2D eigenvalue weighted by Crippen LogP contribution is -2.04. The van der Waals surface area contributed by atoms with Crippen molar-refractivity contribution in [3.05, 3.63) is 63.1 Å². The largest absolute Gasteiger partial charge is 0.457 e. The summed E-state index contributed by atoms with van der Waals surface area (Å²) in [6.45, 7) is 1.64. The Labute approximate surface area is 157 Å². The number of hydrogen-bond donors (Lipinski definition) is 0. The molecule has 0 fully saturated rings. The minimum atomic E-state index is -3.92. The van der Waals surface area contributed by atoms with E-state index >= 15 is 0 Å². The monoisotopic (exact) mass is 442 g/mol. The molecule has 0 N–H and O–H groups in total. The molecule has 0 unspecified atom stereocenters. The molecule has 1 aliphatic rings. The Morgan fingerprint density at radius 1 is 1.12 bits per heavy atom. The van der Waals surface area contributed by atoms with Gasteiger partial charge in [-0.25, -0.2) is 22.0 Å². The molecule has 0 radical (unpaired) electrons. The van der Waals surface area contributed by atoms with E-state index < -0.39 is 32.3 Å². The molecule has 0 saturated carbocycles. The Kier molecular flexibility index (Phi) is 4.74. The summed E-state index contributed by atoms with van der Waals surface area (Å²) >= 11 is 3.37. The fraction of sp³-hybridized carbons (Fsp3) is 0.167. The number of carbonyl (C=O) groups is 1. The number of sulfone groups is 1. The van der Waals surface area contributed by atoms with Crippen LogP contribution in [0.4, 0.5) is 8.78 Å². The Morgan fingerprint density at radius 2 is 1.81 bits per heavy atom. The molecule has 1 aliphatic heterocycles. The molecule has 2 aromatic rings. The van der Waals surface area contributed by atoms with Crippen molar-refractivity contribution >= 4 is 42.9 Å². The lowest BCUT2D eigenvalue weighted by molar-refractivity contribution is -0.133. The molecule has 1 heterocycles. The maximum atomic E-state index is 14.5. The summed E-state index contributed by atoms with van der Waals surface area (Å²) in [5.74, 6) is -2.67. The van der Waals surface area contributed by atoms with Crippen LogP contribution in [0.1, 0.15) is 16.7 Å². The molecule has 0 spiro atoms. The van der Waals surface area contributed by atoms with E-state index in [0.29, 0.717) is 11.6 Å². The predicted molar refractivity (Wildman–Crippen MR) is 96.1 cm³/mol. The van der Waals surface area contributed by atoms with E-state index in [1.165, 1.54) is 0 Å². The van der Waals surface area contributed by atoms with Crippen LogP contribution in [-0.4, -0.2) is 27.2 Å². The number of ether oxygens (including phenoxy) is 1. The van der Waals surface area contributed by atoms with Gasteiger partial charge >= 0.3 is 5.97 Å². The zero-order valence-electron chi connectivity index (χ0n) is 13.8. The second-order valence-corrected chi connectivity index (χ2v) is 8.77. The standard InChI is InChI=1S/C18H13BrF2O4S/c1-9-3-4-10(5-13(9)19)17-12(8-25-18(17)22)11-6-15(21)16(7-14(11)20)26(2,23)24/h3-7H,8H2,1-2H3. The number of halogens is 3.